The summed E-state index contributed by atoms with van der Waals surface area (Å²) in [5, 5.41) is 13.5. The Bertz CT molecular complexity index is 1370. The number of carbonyl (C=O) groups excluding carboxylic acids is 1. The number of carbonyl (C=O) groups is 1. The topological polar surface area (TPSA) is 77.6 Å². The van der Waals surface area contributed by atoms with Crippen LogP contribution in [0.15, 0.2) is 67.3 Å². The van der Waals surface area contributed by atoms with Crippen LogP contribution in [0, 0.1) is 6.92 Å². The van der Waals surface area contributed by atoms with E-state index in [4.69, 9.17) is 11.6 Å². The highest BCUT2D eigenvalue weighted by Crippen LogP contribution is 2.29. The number of hydrogen-bond donors (Lipinski definition) is 1. The predicted octanol–water partition coefficient (Wildman–Crippen LogP) is 4.62. The summed E-state index contributed by atoms with van der Waals surface area (Å²) in [5.74, 6) is -0.0935. The molecule has 2 aromatic carbocycles. The Morgan fingerprint density at radius 2 is 1.84 bits per heavy atom. The zero-order valence-electron chi connectivity index (χ0n) is 17.2. The van der Waals surface area contributed by atoms with E-state index in [1.54, 1.807) is 11.0 Å². The first kappa shape index (κ1) is 20.4. The number of nitrogens with zero attached hydrogens (tertiary/aromatic N) is 5. The van der Waals surface area contributed by atoms with Crippen LogP contribution in [-0.2, 0) is 13.1 Å². The number of benzene rings is 2. The van der Waals surface area contributed by atoms with E-state index in [-0.39, 0.29) is 5.91 Å². The van der Waals surface area contributed by atoms with Gasteiger partial charge < -0.3 is 5.32 Å². The van der Waals surface area contributed by atoms with Gasteiger partial charge in [-0.2, -0.15) is 10.2 Å². The minimum atomic E-state index is -0.0935. The Balaban J connectivity index is 1.29. The maximum atomic E-state index is 12.8. The van der Waals surface area contributed by atoms with Gasteiger partial charge in [0.2, 0.25) is 0 Å². The normalized spacial score (nSPS) is 11.2. The summed E-state index contributed by atoms with van der Waals surface area (Å²) < 4.78 is 3.63. The lowest BCUT2D eigenvalue weighted by Crippen LogP contribution is -2.21. The smallest absolute Gasteiger partial charge is 0.261 e. The highest BCUT2D eigenvalue weighted by atomic mass is 35.5. The summed E-state index contributed by atoms with van der Waals surface area (Å²) in [6.45, 7) is 3.04. The second-order valence-corrected chi connectivity index (χ2v) is 8.86. The first-order valence-corrected chi connectivity index (χ1v) is 11.2. The van der Waals surface area contributed by atoms with Crippen molar-refractivity contribution in [3.8, 4) is 5.69 Å². The van der Waals surface area contributed by atoms with Gasteiger partial charge in [0.1, 0.15) is 17.5 Å². The van der Waals surface area contributed by atoms with Crippen LogP contribution >= 0.6 is 22.9 Å². The monoisotopic (exact) mass is 462 g/mol. The van der Waals surface area contributed by atoms with Crippen LogP contribution in [0.1, 0.15) is 26.5 Å². The molecular formula is C23H19ClN6OS. The van der Waals surface area contributed by atoms with E-state index in [1.165, 1.54) is 17.7 Å². The van der Waals surface area contributed by atoms with Gasteiger partial charge in [0.15, 0.2) is 0 Å². The molecule has 3 aromatic heterocycles. The minimum absolute atomic E-state index is 0.0935. The fourth-order valence-corrected chi connectivity index (χ4v) is 4.68. The van der Waals surface area contributed by atoms with E-state index in [0.717, 1.165) is 32.7 Å². The second kappa shape index (κ2) is 8.57. The van der Waals surface area contributed by atoms with Crippen LogP contribution in [-0.4, -0.2) is 30.5 Å². The predicted molar refractivity (Wildman–Crippen MR) is 125 cm³/mol. The molecule has 0 aliphatic heterocycles. The summed E-state index contributed by atoms with van der Waals surface area (Å²) in [7, 11) is 0. The van der Waals surface area contributed by atoms with Crippen LogP contribution in [0.2, 0.25) is 5.02 Å². The molecule has 7 nitrogen and oxygen atoms in total. The van der Waals surface area contributed by atoms with Crippen molar-refractivity contribution in [2.75, 3.05) is 0 Å². The zero-order valence-corrected chi connectivity index (χ0v) is 18.8. The van der Waals surface area contributed by atoms with E-state index in [2.05, 4.69) is 20.5 Å². The average Bonchev–Trinajstić information content (AvgIpc) is 3.54. The number of nitrogens with one attached hydrogen (secondary N) is 1. The SMILES string of the molecule is Cc1nn(Cc2ccc(Cl)cc2)c2sc(C(=O)NCc3ccc(-n4cncn4)cc3)cc12. The average molecular weight is 463 g/mol. The molecule has 0 saturated carbocycles. The number of hydrogen-bond acceptors (Lipinski definition) is 5. The van der Waals surface area contributed by atoms with Crippen molar-refractivity contribution in [1.29, 1.82) is 0 Å². The number of amides is 1. The first-order valence-electron chi connectivity index (χ1n) is 10.0. The van der Waals surface area contributed by atoms with Gasteiger partial charge in [0.25, 0.3) is 5.91 Å². The number of halogens is 1. The number of aryl methyl sites for hydroxylation is 1. The third kappa shape index (κ3) is 4.15. The summed E-state index contributed by atoms with van der Waals surface area (Å²) in [6, 6.07) is 17.5. The summed E-state index contributed by atoms with van der Waals surface area (Å²) in [6.07, 6.45) is 3.14. The number of thiophene rings is 1. The molecule has 32 heavy (non-hydrogen) atoms. The number of fused-ring (bicyclic) bond motifs is 1. The van der Waals surface area contributed by atoms with E-state index < -0.39 is 0 Å². The molecule has 0 radical (unpaired) electrons. The van der Waals surface area contributed by atoms with Gasteiger partial charge in [-0.1, -0.05) is 35.9 Å². The second-order valence-electron chi connectivity index (χ2n) is 7.39. The molecule has 0 aliphatic carbocycles. The summed E-state index contributed by atoms with van der Waals surface area (Å²) >= 11 is 7.44. The highest BCUT2D eigenvalue weighted by Gasteiger charge is 2.16. The van der Waals surface area contributed by atoms with Crippen molar-refractivity contribution in [2.45, 2.75) is 20.0 Å². The van der Waals surface area contributed by atoms with Crippen molar-refractivity contribution >= 4 is 39.1 Å². The standard InChI is InChI=1S/C23H19ClN6OS/c1-15-20-10-21(32-23(20)29(28-15)12-17-2-6-18(24)7-3-17)22(31)26-11-16-4-8-19(9-5-16)30-14-25-13-27-30/h2-10,13-14H,11-12H2,1H3,(H,26,31). The molecule has 5 rings (SSSR count). The molecule has 3 heterocycles. The highest BCUT2D eigenvalue weighted by molar-refractivity contribution is 7.20. The largest absolute Gasteiger partial charge is 0.347 e. The maximum absolute atomic E-state index is 12.8. The molecule has 0 fully saturated rings. The Hall–Kier alpha value is -3.49. The third-order valence-corrected chi connectivity index (χ3v) is 6.55. The summed E-state index contributed by atoms with van der Waals surface area (Å²) in [5.41, 5.74) is 3.94. The van der Waals surface area contributed by atoms with Gasteiger partial charge in [-0.15, -0.1) is 11.3 Å². The minimum Gasteiger partial charge on any atom is -0.347 e. The number of aromatic nitrogens is 5. The Morgan fingerprint density at radius 3 is 2.56 bits per heavy atom. The van der Waals surface area contributed by atoms with Crippen LogP contribution in [0.25, 0.3) is 15.9 Å². The fraction of sp³-hybridized carbons (Fsp3) is 0.130. The molecule has 0 atom stereocenters. The molecule has 0 spiro atoms. The van der Waals surface area contributed by atoms with Gasteiger partial charge in [-0.05, 0) is 48.4 Å². The van der Waals surface area contributed by atoms with Crippen LogP contribution in [0.3, 0.4) is 0 Å². The Morgan fingerprint density at radius 1 is 1.09 bits per heavy atom. The molecular weight excluding hydrogens is 444 g/mol. The van der Waals surface area contributed by atoms with Gasteiger partial charge in [0.05, 0.1) is 22.8 Å². The van der Waals surface area contributed by atoms with E-state index >= 15 is 0 Å². The first-order chi connectivity index (χ1) is 15.6. The quantitative estimate of drug-likeness (QED) is 0.399. The van der Waals surface area contributed by atoms with Crippen LogP contribution in [0.5, 0.6) is 0 Å². The lowest BCUT2D eigenvalue weighted by molar-refractivity contribution is 0.0955. The molecule has 1 amide bonds. The zero-order chi connectivity index (χ0) is 22.1. The summed E-state index contributed by atoms with van der Waals surface area (Å²) in [4.78, 5) is 18.4. The van der Waals surface area contributed by atoms with Crippen molar-refractivity contribution in [3.05, 3.63) is 94.0 Å². The van der Waals surface area contributed by atoms with Crippen LogP contribution < -0.4 is 5.32 Å². The molecule has 0 unspecified atom stereocenters. The fourth-order valence-electron chi connectivity index (χ4n) is 3.47. The lowest BCUT2D eigenvalue weighted by atomic mass is 10.2. The van der Waals surface area contributed by atoms with Crippen molar-refractivity contribution in [1.82, 2.24) is 29.9 Å². The van der Waals surface area contributed by atoms with Gasteiger partial charge >= 0.3 is 0 Å². The maximum Gasteiger partial charge on any atom is 0.261 e. The van der Waals surface area contributed by atoms with E-state index in [0.29, 0.717) is 23.0 Å². The van der Waals surface area contributed by atoms with Crippen molar-refractivity contribution < 1.29 is 4.79 Å². The van der Waals surface area contributed by atoms with Crippen LogP contribution in [0.4, 0.5) is 0 Å². The molecule has 0 saturated heterocycles. The van der Waals surface area contributed by atoms with E-state index in [1.807, 2.05) is 66.2 Å². The Labute approximate surface area is 193 Å². The molecule has 0 bridgehead atoms. The van der Waals surface area contributed by atoms with Gasteiger partial charge in [-0.3, -0.25) is 9.48 Å². The van der Waals surface area contributed by atoms with Crippen molar-refractivity contribution in [3.63, 3.8) is 0 Å². The third-order valence-electron chi connectivity index (χ3n) is 5.15. The van der Waals surface area contributed by atoms with E-state index in [9.17, 15) is 4.79 Å². The number of rotatable bonds is 6. The van der Waals surface area contributed by atoms with Gasteiger partial charge in [-0.25, -0.2) is 9.67 Å². The molecule has 0 aliphatic rings. The molecule has 5 aromatic rings. The molecule has 160 valence electrons. The van der Waals surface area contributed by atoms with Gasteiger partial charge in [0, 0.05) is 17.0 Å². The molecule has 1 N–H and O–H groups in total. The molecule has 9 heteroatoms. The Kier molecular flexibility index (Phi) is 5.46. The lowest BCUT2D eigenvalue weighted by Gasteiger charge is -2.06. The van der Waals surface area contributed by atoms with Crippen molar-refractivity contribution in [2.24, 2.45) is 0 Å².